The van der Waals surface area contributed by atoms with Crippen LogP contribution in [0.3, 0.4) is 0 Å². The molecule has 0 fully saturated rings. The number of nitrogens with zero attached hydrogens (tertiary/aromatic N) is 1. The lowest BCUT2D eigenvalue weighted by Crippen LogP contribution is -2.30. The minimum atomic E-state index is -5.81. The number of rotatable bonds is 5. The van der Waals surface area contributed by atoms with Crippen molar-refractivity contribution >= 4 is 21.2 Å². The molecule has 0 aliphatic carbocycles. The van der Waals surface area contributed by atoms with Gasteiger partial charge in [0.1, 0.15) is 11.6 Å². The fourth-order valence-electron chi connectivity index (χ4n) is 3.18. The Morgan fingerprint density at radius 2 is 1.42 bits per heavy atom. The number of halogens is 3. The molecule has 0 unspecified atom stereocenters. The molecule has 0 saturated carbocycles. The first kappa shape index (κ1) is 20.9. The number of nitrogens with one attached hydrogen (secondary N) is 1. The molecular weight excluding hydrogens is 433 g/mol. The number of aromatic nitrogens is 2. The average molecular weight is 448 g/mol. The Morgan fingerprint density at radius 3 is 1.94 bits per heavy atom. The van der Waals surface area contributed by atoms with Crippen LogP contribution in [-0.2, 0) is 15.7 Å². The van der Waals surface area contributed by atoms with E-state index in [-0.39, 0.29) is 11.3 Å². The van der Waals surface area contributed by atoms with Crippen molar-refractivity contribution in [2.75, 3.05) is 0 Å². The van der Waals surface area contributed by atoms with Crippen LogP contribution in [0.15, 0.2) is 78.9 Å². The summed E-state index contributed by atoms with van der Waals surface area (Å²) in [5.41, 5.74) is -5.73. The van der Waals surface area contributed by atoms with Gasteiger partial charge >= 0.3 is 15.6 Å². The Bertz CT molecular complexity index is 1280. The molecule has 4 aromatic rings. The second-order valence-electron chi connectivity index (χ2n) is 6.69. The molecule has 160 valence electrons. The molecule has 6 nitrogen and oxygen atoms in total. The minimum absolute atomic E-state index is 0.107. The summed E-state index contributed by atoms with van der Waals surface area (Å²) < 4.78 is 64.5. The lowest BCUT2D eigenvalue weighted by Gasteiger charge is -2.27. The molecule has 1 heterocycles. The second kappa shape index (κ2) is 7.40. The Hall–Kier alpha value is -3.37. The average Bonchev–Trinajstić information content (AvgIpc) is 3.17. The first-order valence-electron chi connectivity index (χ1n) is 8.96. The standard InChI is InChI=1S/C21H15F3N2O4S/c22-21(23,24)31(28,29)30-16-11-12-17-18(13-16)26-19(25-17)20(27,14-7-3-1-4-8-14)15-9-5-2-6-10-15/h1-13,27H,(H,25,26). The molecular formula is C21H15F3N2O4S. The van der Waals surface area contributed by atoms with Gasteiger partial charge in [-0.3, -0.25) is 0 Å². The van der Waals surface area contributed by atoms with Crippen LogP contribution in [-0.4, -0.2) is 29.0 Å². The molecule has 4 rings (SSSR count). The Balaban J connectivity index is 1.82. The molecule has 3 aromatic carbocycles. The molecule has 31 heavy (non-hydrogen) atoms. The zero-order chi connectivity index (χ0) is 22.3. The number of fused-ring (bicyclic) bond motifs is 1. The van der Waals surface area contributed by atoms with Crippen molar-refractivity contribution in [3.8, 4) is 5.75 Å². The van der Waals surface area contributed by atoms with Crippen molar-refractivity contribution in [3.63, 3.8) is 0 Å². The summed E-state index contributed by atoms with van der Waals surface area (Å²) in [4.78, 5) is 7.27. The second-order valence-corrected chi connectivity index (χ2v) is 8.23. The number of aliphatic hydroxyl groups is 1. The SMILES string of the molecule is O=S(=O)(Oc1ccc2nc(C(O)(c3ccccc3)c3ccccc3)[nH]c2c1)C(F)(F)F. The summed E-state index contributed by atoms with van der Waals surface area (Å²) in [5, 5.41) is 11.7. The Kier molecular flexibility index (Phi) is 4.98. The normalized spacial score (nSPS) is 12.8. The summed E-state index contributed by atoms with van der Waals surface area (Å²) in [7, 11) is -5.81. The van der Waals surface area contributed by atoms with E-state index >= 15 is 0 Å². The van der Waals surface area contributed by atoms with Crippen LogP contribution in [0.2, 0.25) is 0 Å². The molecule has 2 N–H and O–H groups in total. The lowest BCUT2D eigenvalue weighted by molar-refractivity contribution is -0.0500. The van der Waals surface area contributed by atoms with Crippen LogP contribution in [0.1, 0.15) is 17.0 Å². The van der Waals surface area contributed by atoms with Crippen molar-refractivity contribution in [2.45, 2.75) is 11.1 Å². The highest BCUT2D eigenvalue weighted by atomic mass is 32.2. The number of H-pyrrole nitrogens is 1. The van der Waals surface area contributed by atoms with E-state index in [4.69, 9.17) is 0 Å². The van der Waals surface area contributed by atoms with Gasteiger partial charge in [0, 0.05) is 6.07 Å². The monoisotopic (exact) mass is 448 g/mol. The summed E-state index contributed by atoms with van der Waals surface area (Å²) in [6.45, 7) is 0. The van der Waals surface area contributed by atoms with E-state index in [9.17, 15) is 26.7 Å². The van der Waals surface area contributed by atoms with Gasteiger partial charge in [-0.15, -0.1) is 0 Å². The molecule has 0 amide bonds. The van der Waals surface area contributed by atoms with Crippen molar-refractivity contribution in [1.82, 2.24) is 9.97 Å². The molecule has 0 aliphatic heterocycles. The molecule has 0 aliphatic rings. The van der Waals surface area contributed by atoms with Crippen molar-refractivity contribution < 1.29 is 30.9 Å². The summed E-state index contributed by atoms with van der Waals surface area (Å²) in [6, 6.07) is 20.9. The molecule has 0 bridgehead atoms. The summed E-state index contributed by atoms with van der Waals surface area (Å²) >= 11 is 0. The van der Waals surface area contributed by atoms with Gasteiger partial charge in [-0.1, -0.05) is 60.7 Å². The highest BCUT2D eigenvalue weighted by molar-refractivity contribution is 7.88. The van der Waals surface area contributed by atoms with Crippen molar-refractivity contribution in [1.29, 1.82) is 0 Å². The largest absolute Gasteiger partial charge is 0.534 e. The van der Waals surface area contributed by atoms with Gasteiger partial charge < -0.3 is 14.3 Å². The van der Waals surface area contributed by atoms with E-state index in [1.165, 1.54) is 6.07 Å². The van der Waals surface area contributed by atoms with Gasteiger partial charge in [0.2, 0.25) is 0 Å². The van der Waals surface area contributed by atoms with E-state index in [1.807, 2.05) is 0 Å². The van der Waals surface area contributed by atoms with Gasteiger partial charge in [-0.25, -0.2) is 4.98 Å². The summed E-state index contributed by atoms with van der Waals surface area (Å²) in [5.74, 6) is -0.432. The number of hydrogen-bond donors (Lipinski definition) is 2. The minimum Gasteiger partial charge on any atom is -0.376 e. The maximum absolute atomic E-state index is 12.6. The number of aromatic amines is 1. The number of imidazole rings is 1. The number of benzene rings is 3. The van der Waals surface area contributed by atoms with E-state index in [1.54, 1.807) is 60.7 Å². The van der Waals surface area contributed by atoms with Crippen molar-refractivity contribution in [2.24, 2.45) is 0 Å². The van der Waals surface area contributed by atoms with Gasteiger partial charge in [-0.05, 0) is 23.3 Å². The third kappa shape index (κ3) is 3.75. The molecule has 0 spiro atoms. The maximum atomic E-state index is 12.6. The molecule has 0 saturated heterocycles. The third-order valence-electron chi connectivity index (χ3n) is 4.67. The third-order valence-corrected chi connectivity index (χ3v) is 5.65. The highest BCUT2D eigenvalue weighted by Gasteiger charge is 2.48. The fourth-order valence-corrected chi connectivity index (χ4v) is 3.64. The van der Waals surface area contributed by atoms with E-state index in [0.29, 0.717) is 16.6 Å². The van der Waals surface area contributed by atoms with E-state index in [2.05, 4.69) is 14.2 Å². The van der Waals surface area contributed by atoms with Crippen LogP contribution in [0.4, 0.5) is 13.2 Å². The fraction of sp³-hybridized carbons (Fsp3) is 0.0952. The number of hydrogen-bond acceptors (Lipinski definition) is 5. The summed E-state index contributed by atoms with van der Waals surface area (Å²) in [6.07, 6.45) is 0. The Morgan fingerprint density at radius 1 is 0.871 bits per heavy atom. The Labute approximate surface area is 175 Å². The predicted octanol–water partition coefficient (Wildman–Crippen LogP) is 4.08. The molecule has 0 radical (unpaired) electrons. The van der Waals surface area contributed by atoms with Crippen LogP contribution < -0.4 is 4.18 Å². The topological polar surface area (TPSA) is 92.3 Å². The molecule has 10 heteroatoms. The first-order chi connectivity index (χ1) is 14.6. The van der Waals surface area contributed by atoms with Crippen LogP contribution in [0, 0.1) is 0 Å². The van der Waals surface area contributed by atoms with E-state index < -0.39 is 27.0 Å². The van der Waals surface area contributed by atoms with Crippen molar-refractivity contribution in [3.05, 3.63) is 95.8 Å². The first-order valence-corrected chi connectivity index (χ1v) is 10.4. The predicted molar refractivity (Wildman–Crippen MR) is 107 cm³/mol. The van der Waals surface area contributed by atoms with Crippen LogP contribution in [0.5, 0.6) is 5.75 Å². The molecule has 0 atom stereocenters. The zero-order valence-electron chi connectivity index (χ0n) is 15.7. The van der Waals surface area contributed by atoms with Crippen LogP contribution >= 0.6 is 0 Å². The van der Waals surface area contributed by atoms with Crippen LogP contribution in [0.25, 0.3) is 11.0 Å². The van der Waals surface area contributed by atoms with Gasteiger partial charge in [-0.2, -0.15) is 21.6 Å². The van der Waals surface area contributed by atoms with E-state index in [0.717, 1.165) is 12.1 Å². The maximum Gasteiger partial charge on any atom is 0.534 e. The molecule has 1 aromatic heterocycles. The zero-order valence-corrected chi connectivity index (χ0v) is 16.5. The quantitative estimate of drug-likeness (QED) is 0.355. The van der Waals surface area contributed by atoms with Gasteiger partial charge in [0.25, 0.3) is 0 Å². The number of alkyl halides is 3. The van der Waals surface area contributed by atoms with Gasteiger partial charge in [0.05, 0.1) is 11.0 Å². The smallest absolute Gasteiger partial charge is 0.376 e. The lowest BCUT2D eigenvalue weighted by atomic mass is 9.85. The highest BCUT2D eigenvalue weighted by Crippen LogP contribution is 2.36. The van der Waals surface area contributed by atoms with Gasteiger partial charge in [0.15, 0.2) is 5.60 Å².